The Labute approximate surface area is 161 Å². The van der Waals surface area contributed by atoms with Crippen molar-refractivity contribution in [3.63, 3.8) is 0 Å². The zero-order valence-corrected chi connectivity index (χ0v) is 15.1. The van der Waals surface area contributed by atoms with Gasteiger partial charge < -0.3 is 19.1 Å². The number of nitrogens with zero attached hydrogens (tertiary/aromatic N) is 3. The van der Waals surface area contributed by atoms with Crippen LogP contribution >= 0.6 is 0 Å². The van der Waals surface area contributed by atoms with E-state index in [1.54, 1.807) is 30.7 Å². The van der Waals surface area contributed by atoms with E-state index in [4.69, 9.17) is 18.8 Å². The van der Waals surface area contributed by atoms with Gasteiger partial charge in [-0.15, -0.1) is 0 Å². The van der Waals surface area contributed by atoms with E-state index < -0.39 is 0 Å². The van der Waals surface area contributed by atoms with Gasteiger partial charge in [0.05, 0.1) is 23.6 Å². The minimum absolute atomic E-state index is 0.0138. The lowest BCUT2D eigenvalue weighted by molar-refractivity contribution is 0.0736. The molecule has 1 aliphatic rings. The molecular formula is C21H18N4O3. The Morgan fingerprint density at radius 3 is 2.14 bits per heavy atom. The molecule has 3 aromatic heterocycles. The molecule has 0 bridgehead atoms. The lowest BCUT2D eigenvalue weighted by atomic mass is 10.1. The Bertz CT molecular complexity index is 1110. The molecule has 0 spiro atoms. The maximum Gasteiger partial charge on any atom is 0.254 e. The van der Waals surface area contributed by atoms with E-state index >= 15 is 0 Å². The number of hydrogen-bond donors (Lipinski definition) is 1. The van der Waals surface area contributed by atoms with Crippen LogP contribution in [0.5, 0.6) is 0 Å². The summed E-state index contributed by atoms with van der Waals surface area (Å²) >= 11 is 0. The number of carbonyl (C=O) groups excluding carboxylic acids is 1. The predicted octanol–water partition coefficient (Wildman–Crippen LogP) is 3.20. The van der Waals surface area contributed by atoms with Gasteiger partial charge in [-0.1, -0.05) is 0 Å². The van der Waals surface area contributed by atoms with Gasteiger partial charge in [-0.2, -0.15) is 0 Å². The summed E-state index contributed by atoms with van der Waals surface area (Å²) in [4.78, 5) is 24.2. The molecule has 1 aromatic carbocycles. The Morgan fingerprint density at radius 1 is 0.893 bits per heavy atom. The molecule has 0 aliphatic carbocycles. The van der Waals surface area contributed by atoms with Crippen molar-refractivity contribution in [1.29, 1.82) is 0 Å². The summed E-state index contributed by atoms with van der Waals surface area (Å²) in [5.74, 6) is 1.22. The van der Waals surface area contributed by atoms with Crippen molar-refractivity contribution in [2.24, 2.45) is 0 Å². The molecule has 28 heavy (non-hydrogen) atoms. The molecule has 1 aliphatic heterocycles. The SMILES string of the molecule is O=C(c1ccc2nc(-c3ccco3)c(-c3ccco3)nc2c1)N1CCNCC1. The van der Waals surface area contributed by atoms with Crippen molar-refractivity contribution in [3.8, 4) is 22.9 Å². The first-order chi connectivity index (χ1) is 13.8. The molecule has 4 aromatic rings. The maximum atomic E-state index is 12.8. The summed E-state index contributed by atoms with van der Waals surface area (Å²) in [6.07, 6.45) is 3.19. The quantitative estimate of drug-likeness (QED) is 0.593. The van der Waals surface area contributed by atoms with Crippen LogP contribution in [0.2, 0.25) is 0 Å². The van der Waals surface area contributed by atoms with Crippen molar-refractivity contribution >= 4 is 16.9 Å². The van der Waals surface area contributed by atoms with Gasteiger partial charge in [0.25, 0.3) is 5.91 Å². The van der Waals surface area contributed by atoms with Gasteiger partial charge in [0.2, 0.25) is 0 Å². The molecule has 1 saturated heterocycles. The number of nitrogens with one attached hydrogen (secondary N) is 1. The number of furan rings is 2. The van der Waals surface area contributed by atoms with Crippen molar-refractivity contribution in [3.05, 3.63) is 60.6 Å². The molecule has 0 unspecified atom stereocenters. The topological polar surface area (TPSA) is 84.4 Å². The second-order valence-electron chi connectivity index (χ2n) is 6.62. The van der Waals surface area contributed by atoms with Crippen LogP contribution in [0.1, 0.15) is 10.4 Å². The molecule has 7 heteroatoms. The van der Waals surface area contributed by atoms with E-state index in [0.29, 0.717) is 52.6 Å². The molecule has 140 valence electrons. The Morgan fingerprint density at radius 2 is 1.54 bits per heavy atom. The summed E-state index contributed by atoms with van der Waals surface area (Å²) in [5, 5.41) is 3.26. The van der Waals surface area contributed by atoms with E-state index in [-0.39, 0.29) is 5.91 Å². The highest BCUT2D eigenvalue weighted by molar-refractivity contribution is 5.98. The molecule has 5 rings (SSSR count). The first-order valence-electron chi connectivity index (χ1n) is 9.19. The largest absolute Gasteiger partial charge is 0.463 e. The monoisotopic (exact) mass is 374 g/mol. The first-order valence-corrected chi connectivity index (χ1v) is 9.19. The molecule has 1 amide bonds. The van der Waals surface area contributed by atoms with Crippen LogP contribution < -0.4 is 5.32 Å². The van der Waals surface area contributed by atoms with Gasteiger partial charge >= 0.3 is 0 Å². The van der Waals surface area contributed by atoms with E-state index in [1.165, 1.54) is 0 Å². The standard InChI is InChI=1S/C21H18N4O3/c26-21(25-9-7-22-8-10-25)14-5-6-15-16(13-14)24-20(18-4-2-12-28-18)19(23-15)17-3-1-11-27-17/h1-6,11-13,22H,7-10H2. The summed E-state index contributed by atoms with van der Waals surface area (Å²) in [5.41, 5.74) is 3.13. The van der Waals surface area contributed by atoms with Crippen LogP contribution in [0, 0.1) is 0 Å². The number of rotatable bonds is 3. The molecule has 0 radical (unpaired) electrons. The Kier molecular flexibility index (Phi) is 4.14. The Hall–Kier alpha value is -3.45. The van der Waals surface area contributed by atoms with Crippen LogP contribution in [0.15, 0.2) is 63.8 Å². The van der Waals surface area contributed by atoms with E-state index in [1.807, 2.05) is 29.2 Å². The number of piperazine rings is 1. The third-order valence-electron chi connectivity index (χ3n) is 4.82. The second kappa shape index (κ2) is 6.94. The fourth-order valence-corrected chi connectivity index (χ4v) is 3.41. The summed E-state index contributed by atoms with van der Waals surface area (Å²) in [6.45, 7) is 3.04. The average molecular weight is 374 g/mol. The minimum atomic E-state index is 0.0138. The summed E-state index contributed by atoms with van der Waals surface area (Å²) in [6, 6.07) is 12.7. The highest BCUT2D eigenvalue weighted by Crippen LogP contribution is 2.31. The lowest BCUT2D eigenvalue weighted by Gasteiger charge is -2.27. The lowest BCUT2D eigenvalue weighted by Crippen LogP contribution is -2.46. The van der Waals surface area contributed by atoms with Gasteiger partial charge in [-0.3, -0.25) is 4.79 Å². The van der Waals surface area contributed by atoms with Crippen molar-refractivity contribution in [2.75, 3.05) is 26.2 Å². The van der Waals surface area contributed by atoms with Crippen LogP contribution in [0.4, 0.5) is 0 Å². The van der Waals surface area contributed by atoms with Gasteiger partial charge in [0.1, 0.15) is 11.4 Å². The zero-order chi connectivity index (χ0) is 18.9. The average Bonchev–Trinajstić information content (AvgIpc) is 3.46. The zero-order valence-electron chi connectivity index (χ0n) is 15.1. The number of fused-ring (bicyclic) bond motifs is 1. The van der Waals surface area contributed by atoms with E-state index in [2.05, 4.69) is 5.32 Å². The number of amides is 1. The third-order valence-corrected chi connectivity index (χ3v) is 4.82. The number of aromatic nitrogens is 2. The molecule has 4 heterocycles. The van der Waals surface area contributed by atoms with Crippen molar-refractivity contribution < 1.29 is 13.6 Å². The van der Waals surface area contributed by atoms with E-state index in [9.17, 15) is 4.79 Å². The van der Waals surface area contributed by atoms with Crippen LogP contribution in [-0.2, 0) is 0 Å². The third kappa shape index (κ3) is 2.95. The van der Waals surface area contributed by atoms with Gasteiger partial charge in [-0.25, -0.2) is 9.97 Å². The molecule has 0 saturated carbocycles. The fraction of sp³-hybridized carbons (Fsp3) is 0.190. The molecular weight excluding hydrogens is 356 g/mol. The minimum Gasteiger partial charge on any atom is -0.463 e. The number of hydrogen-bond acceptors (Lipinski definition) is 6. The highest BCUT2D eigenvalue weighted by atomic mass is 16.3. The smallest absolute Gasteiger partial charge is 0.254 e. The first kappa shape index (κ1) is 16.7. The predicted molar refractivity (Wildman–Crippen MR) is 104 cm³/mol. The molecule has 1 fully saturated rings. The number of benzene rings is 1. The van der Waals surface area contributed by atoms with Crippen LogP contribution in [0.3, 0.4) is 0 Å². The maximum absolute atomic E-state index is 12.8. The summed E-state index contributed by atoms with van der Waals surface area (Å²) in [7, 11) is 0. The number of carbonyl (C=O) groups is 1. The van der Waals surface area contributed by atoms with Crippen LogP contribution in [-0.4, -0.2) is 47.0 Å². The molecule has 1 N–H and O–H groups in total. The fourth-order valence-electron chi connectivity index (χ4n) is 3.41. The molecule has 7 nitrogen and oxygen atoms in total. The summed E-state index contributed by atoms with van der Waals surface area (Å²) < 4.78 is 11.1. The van der Waals surface area contributed by atoms with Gasteiger partial charge in [-0.05, 0) is 42.5 Å². The highest BCUT2D eigenvalue weighted by Gasteiger charge is 2.20. The van der Waals surface area contributed by atoms with Crippen molar-refractivity contribution in [1.82, 2.24) is 20.2 Å². The van der Waals surface area contributed by atoms with Gasteiger partial charge in [0.15, 0.2) is 11.5 Å². The van der Waals surface area contributed by atoms with E-state index in [0.717, 1.165) is 13.1 Å². The normalized spacial score (nSPS) is 14.5. The molecule has 0 atom stereocenters. The van der Waals surface area contributed by atoms with Crippen molar-refractivity contribution in [2.45, 2.75) is 0 Å². The Balaban J connectivity index is 1.61. The van der Waals surface area contributed by atoms with Gasteiger partial charge in [0, 0.05) is 31.7 Å². The second-order valence-corrected chi connectivity index (χ2v) is 6.62. The van der Waals surface area contributed by atoms with Crippen LogP contribution in [0.25, 0.3) is 33.9 Å².